The molecule has 1 amide bonds. The van der Waals surface area contributed by atoms with Gasteiger partial charge in [-0.2, -0.15) is 5.10 Å². The van der Waals surface area contributed by atoms with Gasteiger partial charge in [-0.05, 0) is 48.6 Å². The van der Waals surface area contributed by atoms with Gasteiger partial charge in [0.1, 0.15) is 12.3 Å². The van der Waals surface area contributed by atoms with E-state index in [1.54, 1.807) is 18.2 Å². The van der Waals surface area contributed by atoms with E-state index in [0.29, 0.717) is 11.4 Å². The topological polar surface area (TPSA) is 88.1 Å². The molecule has 0 bridgehead atoms. The number of ether oxygens (including phenoxy) is 1. The Labute approximate surface area is 157 Å². The molecule has 0 saturated carbocycles. The van der Waals surface area contributed by atoms with Gasteiger partial charge >= 0.3 is 0 Å². The van der Waals surface area contributed by atoms with Crippen LogP contribution in [-0.4, -0.2) is 40.4 Å². The van der Waals surface area contributed by atoms with E-state index in [1.165, 1.54) is 24.7 Å². The summed E-state index contributed by atoms with van der Waals surface area (Å²) in [5.74, 6) is -0.184. The standard InChI is InChI=1S/C17H21N3O4S2/c1-12-5-6-15(24-3)14(9-12)20(26(4,22)23)11-17(21)19-18-10-16-13(2)7-8-25-16/h5-10H,11H2,1-4H3,(H,19,21)/b18-10-. The second kappa shape index (κ2) is 8.33. The zero-order valence-corrected chi connectivity index (χ0v) is 16.6. The number of hydrogen-bond donors (Lipinski definition) is 1. The summed E-state index contributed by atoms with van der Waals surface area (Å²) in [5.41, 5.74) is 4.57. The average Bonchev–Trinajstić information content (AvgIpc) is 2.97. The van der Waals surface area contributed by atoms with Crippen LogP contribution in [0.2, 0.25) is 0 Å². The molecule has 2 rings (SSSR count). The van der Waals surface area contributed by atoms with E-state index in [0.717, 1.165) is 26.6 Å². The maximum atomic E-state index is 12.2. The Hall–Kier alpha value is -2.39. The average molecular weight is 396 g/mol. The molecular weight excluding hydrogens is 374 g/mol. The number of rotatable bonds is 7. The summed E-state index contributed by atoms with van der Waals surface area (Å²) < 4.78 is 30.6. The zero-order valence-electron chi connectivity index (χ0n) is 15.0. The molecule has 1 N–H and O–H groups in total. The molecule has 0 aliphatic rings. The first-order valence-corrected chi connectivity index (χ1v) is 10.4. The van der Waals surface area contributed by atoms with Gasteiger partial charge in [0, 0.05) is 4.88 Å². The first kappa shape index (κ1) is 19.9. The summed E-state index contributed by atoms with van der Waals surface area (Å²) in [5, 5.41) is 5.82. The number of carbonyl (C=O) groups is 1. The SMILES string of the molecule is COc1ccc(C)cc1N(CC(=O)N/N=C\c1sccc1C)S(C)(=O)=O. The molecule has 1 heterocycles. The quantitative estimate of drug-likeness (QED) is 0.575. The number of benzene rings is 1. The third-order valence-corrected chi connectivity index (χ3v) is 5.64. The zero-order chi connectivity index (χ0) is 19.3. The van der Waals surface area contributed by atoms with Crippen LogP contribution >= 0.6 is 11.3 Å². The molecule has 0 spiro atoms. The highest BCUT2D eigenvalue weighted by atomic mass is 32.2. The molecule has 2 aromatic rings. The van der Waals surface area contributed by atoms with Gasteiger partial charge < -0.3 is 4.74 Å². The van der Waals surface area contributed by atoms with Gasteiger partial charge in [0.25, 0.3) is 5.91 Å². The summed E-state index contributed by atoms with van der Waals surface area (Å²) in [6.07, 6.45) is 2.58. The molecule has 0 aliphatic carbocycles. The lowest BCUT2D eigenvalue weighted by Gasteiger charge is -2.23. The maximum Gasteiger partial charge on any atom is 0.260 e. The number of nitrogens with one attached hydrogen (secondary N) is 1. The number of carbonyl (C=O) groups excluding carboxylic acids is 1. The van der Waals surface area contributed by atoms with Crippen LogP contribution in [0.25, 0.3) is 0 Å². The normalized spacial score (nSPS) is 11.5. The lowest BCUT2D eigenvalue weighted by molar-refractivity contribution is -0.119. The molecule has 0 fully saturated rings. The molecule has 0 radical (unpaired) electrons. The fourth-order valence-electron chi connectivity index (χ4n) is 2.22. The molecule has 0 atom stereocenters. The molecule has 26 heavy (non-hydrogen) atoms. The molecule has 140 valence electrons. The fourth-order valence-corrected chi connectivity index (χ4v) is 3.86. The smallest absolute Gasteiger partial charge is 0.260 e. The molecular formula is C17H21N3O4S2. The first-order chi connectivity index (χ1) is 12.2. The van der Waals surface area contributed by atoms with Crippen molar-refractivity contribution in [2.24, 2.45) is 5.10 Å². The number of hydrogen-bond acceptors (Lipinski definition) is 6. The van der Waals surface area contributed by atoms with E-state index < -0.39 is 22.5 Å². The summed E-state index contributed by atoms with van der Waals surface area (Å²) in [4.78, 5) is 13.1. The summed E-state index contributed by atoms with van der Waals surface area (Å²) in [6, 6.07) is 7.07. The van der Waals surface area contributed by atoms with E-state index in [-0.39, 0.29) is 0 Å². The molecule has 1 aromatic carbocycles. The van der Waals surface area contributed by atoms with Crippen molar-refractivity contribution in [3.63, 3.8) is 0 Å². The minimum absolute atomic E-state index is 0.309. The lowest BCUT2D eigenvalue weighted by atomic mass is 10.2. The molecule has 0 unspecified atom stereocenters. The highest BCUT2D eigenvalue weighted by Gasteiger charge is 2.24. The van der Waals surface area contributed by atoms with Gasteiger partial charge in [0.05, 0.1) is 25.3 Å². The Kier molecular flexibility index (Phi) is 6.38. The molecule has 0 aliphatic heterocycles. The molecule has 0 saturated heterocycles. The number of amides is 1. The van der Waals surface area contributed by atoms with Crippen molar-refractivity contribution in [3.8, 4) is 5.75 Å². The van der Waals surface area contributed by atoms with Crippen LogP contribution in [0.4, 0.5) is 5.69 Å². The summed E-state index contributed by atoms with van der Waals surface area (Å²) >= 11 is 1.50. The van der Waals surface area contributed by atoms with E-state index in [2.05, 4.69) is 10.5 Å². The van der Waals surface area contributed by atoms with Gasteiger partial charge in [0.2, 0.25) is 10.0 Å². The predicted molar refractivity (Wildman–Crippen MR) is 105 cm³/mol. The van der Waals surface area contributed by atoms with Crippen molar-refractivity contribution in [1.82, 2.24) is 5.43 Å². The third kappa shape index (κ3) is 5.06. The maximum absolute atomic E-state index is 12.2. The Morgan fingerprint density at radius 2 is 2.08 bits per heavy atom. The van der Waals surface area contributed by atoms with Crippen LogP contribution in [0.3, 0.4) is 0 Å². The van der Waals surface area contributed by atoms with Crippen molar-refractivity contribution < 1.29 is 17.9 Å². The van der Waals surface area contributed by atoms with Gasteiger partial charge in [-0.3, -0.25) is 9.10 Å². The highest BCUT2D eigenvalue weighted by Crippen LogP contribution is 2.30. The van der Waals surface area contributed by atoms with E-state index >= 15 is 0 Å². The second-order valence-corrected chi connectivity index (χ2v) is 8.56. The Balaban J connectivity index is 2.19. The number of hydrazone groups is 1. The Morgan fingerprint density at radius 3 is 2.65 bits per heavy atom. The Morgan fingerprint density at radius 1 is 1.35 bits per heavy atom. The Bertz CT molecular complexity index is 920. The van der Waals surface area contributed by atoms with Crippen molar-refractivity contribution in [2.45, 2.75) is 13.8 Å². The second-order valence-electron chi connectivity index (χ2n) is 5.71. The predicted octanol–water partition coefficient (Wildman–Crippen LogP) is 2.29. The third-order valence-electron chi connectivity index (χ3n) is 3.56. The molecule has 9 heteroatoms. The number of anilines is 1. The van der Waals surface area contributed by atoms with E-state index in [1.807, 2.05) is 25.3 Å². The van der Waals surface area contributed by atoms with Crippen molar-refractivity contribution in [1.29, 1.82) is 0 Å². The lowest BCUT2D eigenvalue weighted by Crippen LogP contribution is -2.39. The monoisotopic (exact) mass is 395 g/mol. The highest BCUT2D eigenvalue weighted by molar-refractivity contribution is 7.92. The van der Waals surface area contributed by atoms with Gasteiger partial charge in [-0.25, -0.2) is 13.8 Å². The molecule has 7 nitrogen and oxygen atoms in total. The van der Waals surface area contributed by atoms with Crippen LogP contribution in [0.5, 0.6) is 5.75 Å². The number of aryl methyl sites for hydroxylation is 2. The van der Waals surface area contributed by atoms with Gasteiger partial charge in [0.15, 0.2) is 0 Å². The largest absolute Gasteiger partial charge is 0.495 e. The van der Waals surface area contributed by atoms with Crippen LogP contribution in [0.15, 0.2) is 34.7 Å². The van der Waals surface area contributed by atoms with Crippen LogP contribution in [0.1, 0.15) is 16.0 Å². The van der Waals surface area contributed by atoms with Crippen LogP contribution in [-0.2, 0) is 14.8 Å². The number of nitrogens with zero attached hydrogens (tertiary/aromatic N) is 2. The summed E-state index contributed by atoms with van der Waals surface area (Å²) in [7, 11) is -2.25. The number of thiophene rings is 1. The minimum Gasteiger partial charge on any atom is -0.495 e. The van der Waals surface area contributed by atoms with Crippen molar-refractivity contribution in [2.75, 3.05) is 24.2 Å². The summed E-state index contributed by atoms with van der Waals surface area (Å²) in [6.45, 7) is 3.37. The van der Waals surface area contributed by atoms with Crippen molar-refractivity contribution >= 4 is 39.2 Å². The van der Waals surface area contributed by atoms with Gasteiger partial charge in [-0.15, -0.1) is 11.3 Å². The first-order valence-electron chi connectivity index (χ1n) is 7.70. The molecule has 1 aromatic heterocycles. The van der Waals surface area contributed by atoms with E-state index in [9.17, 15) is 13.2 Å². The minimum atomic E-state index is -3.69. The van der Waals surface area contributed by atoms with Crippen LogP contribution in [0, 0.1) is 13.8 Å². The fraction of sp³-hybridized carbons (Fsp3) is 0.294. The van der Waals surface area contributed by atoms with Crippen LogP contribution < -0.4 is 14.5 Å². The number of sulfonamides is 1. The number of methoxy groups -OCH3 is 1. The van der Waals surface area contributed by atoms with Gasteiger partial charge in [-0.1, -0.05) is 6.07 Å². The van der Waals surface area contributed by atoms with E-state index in [4.69, 9.17) is 4.74 Å². The van der Waals surface area contributed by atoms with Crippen molar-refractivity contribution in [3.05, 3.63) is 45.6 Å².